The summed E-state index contributed by atoms with van der Waals surface area (Å²) in [4.78, 5) is 16.9. The highest BCUT2D eigenvalue weighted by Crippen LogP contribution is 2.30. The van der Waals surface area contributed by atoms with Gasteiger partial charge in [0.25, 0.3) is 5.91 Å². The predicted octanol–water partition coefficient (Wildman–Crippen LogP) is 4.44. The number of nitrogen functional groups attached to an aromatic ring is 1. The molecule has 0 saturated carbocycles. The molecule has 0 aliphatic rings. The first kappa shape index (κ1) is 16.1. The summed E-state index contributed by atoms with van der Waals surface area (Å²) in [5.41, 5.74) is 9.63. The summed E-state index contributed by atoms with van der Waals surface area (Å²) in [5, 5.41) is 5.35. The maximum atomic E-state index is 12.6. The summed E-state index contributed by atoms with van der Waals surface area (Å²) >= 11 is 1.38. The molecule has 5 nitrogen and oxygen atoms in total. The molecule has 6 heteroatoms. The quantitative estimate of drug-likeness (QED) is 0.565. The Morgan fingerprint density at radius 3 is 2.42 bits per heavy atom. The number of amides is 1. The minimum Gasteiger partial charge on any atom is -0.375 e. The Morgan fingerprint density at radius 2 is 1.73 bits per heavy atom. The topological polar surface area (TPSA) is 72.9 Å². The van der Waals surface area contributed by atoms with E-state index >= 15 is 0 Å². The second-order valence-corrected chi connectivity index (χ2v) is 6.60. The molecule has 0 aliphatic heterocycles. The van der Waals surface area contributed by atoms with Crippen LogP contribution < -0.4 is 11.1 Å². The number of benzene rings is 2. The molecule has 4 aromatic rings. The lowest BCUT2D eigenvalue weighted by Crippen LogP contribution is -2.12. The average molecular weight is 360 g/mol. The number of carbonyl (C=O) groups excluding carboxylic acids is 1. The molecular formula is C20H16N4OS. The van der Waals surface area contributed by atoms with E-state index in [0.717, 1.165) is 16.9 Å². The summed E-state index contributed by atoms with van der Waals surface area (Å²) in [6, 6.07) is 18.9. The molecule has 0 aliphatic carbocycles. The Kier molecular flexibility index (Phi) is 4.25. The van der Waals surface area contributed by atoms with Gasteiger partial charge in [-0.05, 0) is 42.5 Å². The Morgan fingerprint density at radius 1 is 1.00 bits per heavy atom. The number of thiazole rings is 1. The highest BCUT2D eigenvalue weighted by Gasteiger charge is 2.12. The first-order valence-corrected chi connectivity index (χ1v) is 8.94. The molecule has 0 atom stereocenters. The van der Waals surface area contributed by atoms with Crippen molar-refractivity contribution < 1.29 is 4.79 Å². The van der Waals surface area contributed by atoms with E-state index in [1.807, 2.05) is 83.0 Å². The highest BCUT2D eigenvalue weighted by atomic mass is 32.1. The van der Waals surface area contributed by atoms with Crippen molar-refractivity contribution in [2.45, 2.75) is 0 Å². The number of aromatic nitrogens is 2. The van der Waals surface area contributed by atoms with Crippen molar-refractivity contribution >= 4 is 28.1 Å². The van der Waals surface area contributed by atoms with Gasteiger partial charge >= 0.3 is 0 Å². The molecule has 1 amide bonds. The molecule has 0 unspecified atom stereocenters. The molecule has 4 rings (SSSR count). The fourth-order valence-corrected chi connectivity index (χ4v) is 3.28. The molecule has 2 aromatic heterocycles. The number of nitrogens with two attached hydrogens (primary N) is 1. The third kappa shape index (κ3) is 3.22. The zero-order valence-electron chi connectivity index (χ0n) is 13.8. The van der Waals surface area contributed by atoms with Crippen LogP contribution in [-0.2, 0) is 0 Å². The zero-order chi connectivity index (χ0) is 17.9. The molecule has 0 spiro atoms. The van der Waals surface area contributed by atoms with E-state index in [4.69, 9.17) is 5.73 Å². The number of hydrogen-bond donors (Lipinski definition) is 2. The second kappa shape index (κ2) is 6.85. The van der Waals surface area contributed by atoms with Gasteiger partial charge in [0.15, 0.2) is 5.13 Å². The van der Waals surface area contributed by atoms with Gasteiger partial charge in [0.2, 0.25) is 0 Å². The van der Waals surface area contributed by atoms with Gasteiger partial charge in [-0.3, -0.25) is 4.79 Å². The standard InChI is InChI=1S/C20H16N4OS/c21-20-23-18(13-26-20)16-5-1-2-6-17(16)22-19(25)14-7-9-15(10-8-14)24-11-3-4-12-24/h1-13H,(H2,21,23)(H,22,25). The van der Waals surface area contributed by atoms with Crippen LogP contribution in [0.1, 0.15) is 10.4 Å². The van der Waals surface area contributed by atoms with E-state index in [-0.39, 0.29) is 5.91 Å². The molecule has 0 bridgehead atoms. The Hall–Kier alpha value is -3.38. The lowest BCUT2D eigenvalue weighted by Gasteiger charge is -2.10. The van der Waals surface area contributed by atoms with Crippen molar-refractivity contribution in [3.05, 3.63) is 84.0 Å². The van der Waals surface area contributed by atoms with Crippen LogP contribution in [0.3, 0.4) is 0 Å². The molecule has 0 saturated heterocycles. The van der Waals surface area contributed by atoms with Gasteiger partial charge in [0.1, 0.15) is 0 Å². The number of anilines is 2. The van der Waals surface area contributed by atoms with Crippen LogP contribution in [0.15, 0.2) is 78.4 Å². The lowest BCUT2D eigenvalue weighted by molar-refractivity contribution is 0.102. The van der Waals surface area contributed by atoms with Gasteiger partial charge in [-0.2, -0.15) is 0 Å². The maximum Gasteiger partial charge on any atom is 0.255 e. The van der Waals surface area contributed by atoms with Crippen LogP contribution in [0.25, 0.3) is 16.9 Å². The van der Waals surface area contributed by atoms with E-state index in [9.17, 15) is 4.79 Å². The number of carbonyl (C=O) groups is 1. The van der Waals surface area contributed by atoms with Gasteiger partial charge in [0.05, 0.1) is 11.4 Å². The van der Waals surface area contributed by atoms with Crippen molar-refractivity contribution in [1.82, 2.24) is 9.55 Å². The number of nitrogens with zero attached hydrogens (tertiary/aromatic N) is 2. The number of hydrogen-bond acceptors (Lipinski definition) is 4. The van der Waals surface area contributed by atoms with E-state index in [2.05, 4.69) is 10.3 Å². The van der Waals surface area contributed by atoms with Gasteiger partial charge in [-0.25, -0.2) is 4.98 Å². The maximum absolute atomic E-state index is 12.6. The molecule has 2 aromatic carbocycles. The Balaban J connectivity index is 1.57. The Bertz CT molecular complexity index is 1040. The van der Waals surface area contributed by atoms with Crippen LogP contribution >= 0.6 is 11.3 Å². The van der Waals surface area contributed by atoms with Crippen molar-refractivity contribution in [2.24, 2.45) is 0 Å². The minimum atomic E-state index is -0.167. The Labute approximate surface area is 154 Å². The van der Waals surface area contributed by atoms with Gasteiger partial charge in [-0.15, -0.1) is 11.3 Å². The van der Waals surface area contributed by atoms with Crippen molar-refractivity contribution in [2.75, 3.05) is 11.1 Å². The highest BCUT2D eigenvalue weighted by molar-refractivity contribution is 7.13. The van der Waals surface area contributed by atoms with Crippen LogP contribution in [0.4, 0.5) is 10.8 Å². The summed E-state index contributed by atoms with van der Waals surface area (Å²) in [5.74, 6) is -0.167. The third-order valence-electron chi connectivity index (χ3n) is 4.01. The molecule has 26 heavy (non-hydrogen) atoms. The first-order valence-electron chi connectivity index (χ1n) is 8.06. The molecular weight excluding hydrogens is 344 g/mol. The summed E-state index contributed by atoms with van der Waals surface area (Å²) in [6.45, 7) is 0. The van der Waals surface area contributed by atoms with Gasteiger partial charge in [0, 0.05) is 34.6 Å². The molecule has 0 radical (unpaired) electrons. The van der Waals surface area contributed by atoms with Gasteiger partial charge in [-0.1, -0.05) is 18.2 Å². The summed E-state index contributed by atoms with van der Waals surface area (Å²) in [7, 11) is 0. The van der Waals surface area contributed by atoms with Gasteiger partial charge < -0.3 is 15.6 Å². The summed E-state index contributed by atoms with van der Waals surface area (Å²) < 4.78 is 1.99. The lowest BCUT2D eigenvalue weighted by atomic mass is 10.1. The minimum absolute atomic E-state index is 0.167. The van der Waals surface area contributed by atoms with E-state index in [1.54, 1.807) is 0 Å². The van der Waals surface area contributed by atoms with Crippen molar-refractivity contribution in [3.8, 4) is 16.9 Å². The number of rotatable bonds is 4. The van der Waals surface area contributed by atoms with Crippen LogP contribution in [0.2, 0.25) is 0 Å². The normalized spacial score (nSPS) is 10.6. The van der Waals surface area contributed by atoms with E-state index < -0.39 is 0 Å². The van der Waals surface area contributed by atoms with Crippen molar-refractivity contribution in [1.29, 1.82) is 0 Å². The van der Waals surface area contributed by atoms with E-state index in [1.165, 1.54) is 11.3 Å². The first-order chi connectivity index (χ1) is 12.7. The fraction of sp³-hybridized carbons (Fsp3) is 0. The average Bonchev–Trinajstić information content (AvgIpc) is 3.34. The molecule has 2 heterocycles. The summed E-state index contributed by atoms with van der Waals surface area (Å²) in [6.07, 6.45) is 3.93. The molecule has 3 N–H and O–H groups in total. The third-order valence-corrected chi connectivity index (χ3v) is 4.68. The van der Waals surface area contributed by atoms with Crippen LogP contribution in [-0.4, -0.2) is 15.5 Å². The fourth-order valence-electron chi connectivity index (χ4n) is 2.71. The van der Waals surface area contributed by atoms with E-state index in [0.29, 0.717) is 16.4 Å². The van der Waals surface area contributed by atoms with Crippen LogP contribution in [0, 0.1) is 0 Å². The SMILES string of the molecule is Nc1nc(-c2ccccc2NC(=O)c2ccc(-n3cccc3)cc2)cs1. The smallest absolute Gasteiger partial charge is 0.255 e. The molecule has 128 valence electrons. The predicted molar refractivity (Wildman–Crippen MR) is 106 cm³/mol. The monoisotopic (exact) mass is 360 g/mol. The number of para-hydroxylation sites is 1. The molecule has 0 fully saturated rings. The zero-order valence-corrected chi connectivity index (χ0v) is 14.6. The van der Waals surface area contributed by atoms with Crippen LogP contribution in [0.5, 0.6) is 0 Å². The number of nitrogens with one attached hydrogen (secondary N) is 1. The second-order valence-electron chi connectivity index (χ2n) is 5.71. The van der Waals surface area contributed by atoms with Crippen molar-refractivity contribution in [3.63, 3.8) is 0 Å². The largest absolute Gasteiger partial charge is 0.375 e.